The molecule has 1 atom stereocenters. The number of hydrogen-bond acceptors (Lipinski definition) is 6. The lowest BCUT2D eigenvalue weighted by Gasteiger charge is -2.29. The Morgan fingerprint density at radius 1 is 0.944 bits per heavy atom. The van der Waals surface area contributed by atoms with Crippen molar-refractivity contribution >= 4 is 28.8 Å². The number of amides is 1. The number of anilines is 2. The van der Waals surface area contributed by atoms with Crippen LogP contribution in [0.5, 0.6) is 5.75 Å². The number of Topliss-reactive ketones (excluding diaryl/α,β-unsaturated/α-hetero) is 1. The van der Waals surface area contributed by atoms with E-state index < -0.39 is 17.7 Å². The normalized spacial score (nSPS) is 21.1. The number of nitrogens with zero attached hydrogens (tertiary/aromatic N) is 2. The summed E-state index contributed by atoms with van der Waals surface area (Å²) < 4.78 is 11.5. The third kappa shape index (κ3) is 3.75. The van der Waals surface area contributed by atoms with Crippen molar-refractivity contribution in [2.24, 2.45) is 0 Å². The third-order valence-corrected chi connectivity index (χ3v) is 7.29. The zero-order valence-corrected chi connectivity index (χ0v) is 20.2. The first-order valence-electron chi connectivity index (χ1n) is 12.5. The maximum atomic E-state index is 13.4. The number of fused-ring (bicyclic) bond motifs is 1. The molecule has 0 aliphatic carbocycles. The average molecular weight is 485 g/mol. The molecule has 1 unspecified atom stereocenters. The van der Waals surface area contributed by atoms with E-state index in [2.05, 4.69) is 4.90 Å². The van der Waals surface area contributed by atoms with E-state index >= 15 is 0 Å². The van der Waals surface area contributed by atoms with Gasteiger partial charge in [0.1, 0.15) is 29.1 Å². The highest BCUT2D eigenvalue weighted by molar-refractivity contribution is 6.51. The van der Waals surface area contributed by atoms with E-state index in [0.29, 0.717) is 29.4 Å². The van der Waals surface area contributed by atoms with Gasteiger partial charge in [-0.25, -0.2) is 0 Å². The maximum Gasteiger partial charge on any atom is 0.300 e. The van der Waals surface area contributed by atoms with E-state index in [1.165, 1.54) is 24.2 Å². The van der Waals surface area contributed by atoms with Crippen molar-refractivity contribution < 1.29 is 23.8 Å². The number of hydrogen-bond donors (Lipinski definition) is 1. The highest BCUT2D eigenvalue weighted by Crippen LogP contribution is 2.43. The second kappa shape index (κ2) is 8.90. The Balaban J connectivity index is 1.43. The molecule has 4 heterocycles. The van der Waals surface area contributed by atoms with Crippen LogP contribution in [0, 0.1) is 6.92 Å². The van der Waals surface area contributed by atoms with E-state index in [1.807, 2.05) is 37.3 Å². The number of aryl methyl sites for hydroxylation is 1. The van der Waals surface area contributed by atoms with Gasteiger partial charge >= 0.3 is 0 Å². The van der Waals surface area contributed by atoms with Gasteiger partial charge in [0.05, 0.1) is 12.2 Å². The minimum absolute atomic E-state index is 0.0216. The molecule has 3 aromatic rings. The summed E-state index contributed by atoms with van der Waals surface area (Å²) in [6.07, 6.45) is 4.32. The summed E-state index contributed by atoms with van der Waals surface area (Å²) in [5, 5.41) is 11.3. The molecule has 1 N–H and O–H groups in total. The number of rotatable bonds is 4. The summed E-state index contributed by atoms with van der Waals surface area (Å²) in [5.74, 6) is 0.228. The standard InChI is InChI=1S/C29H28N2O5/c1-18-5-11-24(36-18)26-25(27(32)20-6-12-23-19(17-20)13-16-35-23)28(33)29(34)31(26)22-9-7-21(8-10-22)30-14-3-2-4-15-30/h5-12,17,26,32H,2-4,13-16H2,1H3/b27-25-. The average Bonchev–Trinajstić information content (AvgIpc) is 3.62. The maximum absolute atomic E-state index is 13.4. The van der Waals surface area contributed by atoms with Gasteiger partial charge in [-0.3, -0.25) is 14.5 Å². The van der Waals surface area contributed by atoms with Crippen LogP contribution in [0.15, 0.2) is 64.6 Å². The van der Waals surface area contributed by atoms with Gasteiger partial charge in [-0.2, -0.15) is 0 Å². The van der Waals surface area contributed by atoms with Gasteiger partial charge in [0.25, 0.3) is 11.7 Å². The molecule has 0 saturated carbocycles. The summed E-state index contributed by atoms with van der Waals surface area (Å²) in [5.41, 5.74) is 3.14. The summed E-state index contributed by atoms with van der Waals surface area (Å²) in [6, 6.07) is 15.7. The molecule has 0 radical (unpaired) electrons. The molecule has 0 spiro atoms. The second-order valence-corrected chi connectivity index (χ2v) is 9.60. The molecule has 2 saturated heterocycles. The van der Waals surface area contributed by atoms with E-state index in [4.69, 9.17) is 9.15 Å². The van der Waals surface area contributed by atoms with Crippen molar-refractivity contribution in [2.75, 3.05) is 29.5 Å². The van der Waals surface area contributed by atoms with Gasteiger partial charge in [0.2, 0.25) is 0 Å². The van der Waals surface area contributed by atoms with Crippen LogP contribution in [0.25, 0.3) is 5.76 Å². The number of aliphatic hydroxyl groups is 1. The van der Waals surface area contributed by atoms with Crippen LogP contribution in [-0.4, -0.2) is 36.5 Å². The summed E-state index contributed by atoms with van der Waals surface area (Å²) >= 11 is 0. The SMILES string of the molecule is Cc1ccc(C2/C(=C(/O)c3ccc4c(c3)CCO4)C(=O)C(=O)N2c2ccc(N3CCCCC3)cc2)o1. The molecule has 3 aliphatic rings. The minimum Gasteiger partial charge on any atom is -0.507 e. The van der Waals surface area contributed by atoms with Gasteiger partial charge in [-0.05, 0) is 86.3 Å². The number of ether oxygens (including phenoxy) is 1. The van der Waals surface area contributed by atoms with Crippen molar-refractivity contribution in [1.29, 1.82) is 0 Å². The van der Waals surface area contributed by atoms with Gasteiger partial charge in [-0.15, -0.1) is 0 Å². The van der Waals surface area contributed by atoms with Crippen molar-refractivity contribution in [3.05, 3.63) is 82.8 Å². The number of carbonyl (C=O) groups excluding carboxylic acids is 2. The number of carbonyl (C=O) groups is 2. The molecular weight excluding hydrogens is 456 g/mol. The van der Waals surface area contributed by atoms with Crippen molar-refractivity contribution in [3.63, 3.8) is 0 Å². The summed E-state index contributed by atoms with van der Waals surface area (Å²) in [4.78, 5) is 30.5. The summed E-state index contributed by atoms with van der Waals surface area (Å²) in [6.45, 7) is 4.43. The molecule has 36 heavy (non-hydrogen) atoms. The van der Waals surface area contributed by atoms with Crippen LogP contribution >= 0.6 is 0 Å². The third-order valence-electron chi connectivity index (χ3n) is 7.29. The zero-order valence-electron chi connectivity index (χ0n) is 20.2. The molecule has 1 aromatic heterocycles. The lowest BCUT2D eigenvalue weighted by molar-refractivity contribution is -0.132. The number of piperidine rings is 1. The topological polar surface area (TPSA) is 83.2 Å². The van der Waals surface area contributed by atoms with Crippen molar-refractivity contribution in [3.8, 4) is 5.75 Å². The minimum atomic E-state index is -0.871. The first-order chi connectivity index (χ1) is 17.5. The van der Waals surface area contributed by atoms with E-state index in [1.54, 1.807) is 24.3 Å². The lowest BCUT2D eigenvalue weighted by atomic mass is 9.97. The molecule has 3 aliphatic heterocycles. The predicted octanol–water partition coefficient (Wildman–Crippen LogP) is 5.14. The molecule has 1 amide bonds. The van der Waals surface area contributed by atoms with E-state index in [0.717, 1.165) is 36.5 Å². The summed E-state index contributed by atoms with van der Waals surface area (Å²) in [7, 11) is 0. The van der Waals surface area contributed by atoms with Crippen LogP contribution in [-0.2, 0) is 16.0 Å². The fraction of sp³-hybridized carbons (Fsp3) is 0.310. The molecule has 7 heteroatoms. The van der Waals surface area contributed by atoms with E-state index in [9.17, 15) is 14.7 Å². The first-order valence-corrected chi connectivity index (χ1v) is 12.5. The van der Waals surface area contributed by atoms with Crippen molar-refractivity contribution in [1.82, 2.24) is 0 Å². The van der Waals surface area contributed by atoms with Gasteiger partial charge < -0.3 is 19.2 Å². The van der Waals surface area contributed by atoms with Gasteiger partial charge in [0, 0.05) is 36.4 Å². The van der Waals surface area contributed by atoms with Crippen LogP contribution in [0.3, 0.4) is 0 Å². The quantitative estimate of drug-likeness (QED) is 0.314. The Morgan fingerprint density at radius 2 is 1.69 bits per heavy atom. The predicted molar refractivity (Wildman–Crippen MR) is 136 cm³/mol. The van der Waals surface area contributed by atoms with Crippen molar-refractivity contribution in [2.45, 2.75) is 38.6 Å². The fourth-order valence-corrected chi connectivity index (χ4v) is 5.43. The molecule has 184 valence electrons. The molecule has 2 fully saturated rings. The number of ketones is 1. The highest BCUT2D eigenvalue weighted by atomic mass is 16.5. The Hall–Kier alpha value is -4.00. The lowest BCUT2D eigenvalue weighted by Crippen LogP contribution is -2.30. The first kappa shape index (κ1) is 22.5. The number of aliphatic hydroxyl groups excluding tert-OH is 1. The Bertz CT molecular complexity index is 1360. The van der Waals surface area contributed by atoms with Crippen LogP contribution in [0.2, 0.25) is 0 Å². The second-order valence-electron chi connectivity index (χ2n) is 9.60. The molecule has 0 bridgehead atoms. The zero-order chi connectivity index (χ0) is 24.8. The Labute approximate surface area is 209 Å². The van der Waals surface area contributed by atoms with Gasteiger partial charge in [-0.1, -0.05) is 0 Å². The molecule has 2 aromatic carbocycles. The van der Waals surface area contributed by atoms with Gasteiger partial charge in [0.15, 0.2) is 0 Å². The highest BCUT2D eigenvalue weighted by Gasteiger charge is 2.48. The van der Waals surface area contributed by atoms with Crippen LogP contribution < -0.4 is 14.5 Å². The fourth-order valence-electron chi connectivity index (χ4n) is 5.43. The largest absolute Gasteiger partial charge is 0.507 e. The van der Waals surface area contributed by atoms with Crippen LogP contribution in [0.4, 0.5) is 11.4 Å². The molecule has 7 nitrogen and oxygen atoms in total. The van der Waals surface area contributed by atoms with Crippen LogP contribution in [0.1, 0.15) is 48.0 Å². The Morgan fingerprint density at radius 3 is 2.42 bits per heavy atom. The molecular formula is C29H28N2O5. The number of benzene rings is 2. The number of furan rings is 1. The van der Waals surface area contributed by atoms with E-state index in [-0.39, 0.29) is 11.3 Å². The smallest absolute Gasteiger partial charge is 0.300 e. The monoisotopic (exact) mass is 484 g/mol. The molecule has 6 rings (SSSR count). The Kier molecular flexibility index (Phi) is 5.55.